The van der Waals surface area contributed by atoms with Gasteiger partial charge in [0.2, 0.25) is 0 Å². The summed E-state index contributed by atoms with van der Waals surface area (Å²) in [5.74, 6) is 0. The number of rotatable bonds is 7. The van der Waals surface area contributed by atoms with Crippen molar-refractivity contribution >= 4 is 44.1 Å². The van der Waals surface area contributed by atoms with Crippen molar-refractivity contribution in [2.45, 2.75) is 0 Å². The molecule has 0 radical (unpaired) electrons. The zero-order chi connectivity index (χ0) is 35.8. The van der Waals surface area contributed by atoms with Crippen LogP contribution in [-0.4, -0.2) is 9.61 Å². The molecular weight excluding hydrogens is 655 g/mol. The average molecular weight is 690 g/mol. The second kappa shape index (κ2) is 13.4. The van der Waals surface area contributed by atoms with Crippen molar-refractivity contribution in [2.75, 3.05) is 4.90 Å². The van der Waals surface area contributed by atoms with Crippen molar-refractivity contribution in [1.29, 1.82) is 0 Å². The second-order valence-electron chi connectivity index (χ2n) is 13.6. The molecule has 0 unspecified atom stereocenters. The molecular formula is C51H35N3. The normalized spacial score (nSPS) is 11.3. The number of anilines is 3. The van der Waals surface area contributed by atoms with Crippen LogP contribution < -0.4 is 4.90 Å². The van der Waals surface area contributed by atoms with E-state index >= 15 is 0 Å². The van der Waals surface area contributed by atoms with E-state index in [1.165, 1.54) is 21.9 Å². The Bertz CT molecular complexity index is 2890. The highest BCUT2D eigenvalue weighted by atomic mass is 15.3. The Morgan fingerprint density at radius 2 is 0.870 bits per heavy atom. The van der Waals surface area contributed by atoms with Crippen LogP contribution in [-0.2, 0) is 0 Å². The molecule has 0 saturated heterocycles. The largest absolute Gasteiger partial charge is 0.307 e. The molecule has 3 heteroatoms. The Hall–Kier alpha value is -7.23. The lowest BCUT2D eigenvalue weighted by Crippen LogP contribution is -2.14. The fraction of sp³-hybridized carbons (Fsp3) is 0. The summed E-state index contributed by atoms with van der Waals surface area (Å²) in [6.45, 7) is 0. The van der Waals surface area contributed by atoms with E-state index in [1.54, 1.807) is 0 Å². The summed E-state index contributed by atoms with van der Waals surface area (Å²) in [7, 11) is 0. The van der Waals surface area contributed by atoms with E-state index < -0.39 is 0 Å². The first kappa shape index (κ1) is 31.5. The molecule has 10 rings (SSSR count). The van der Waals surface area contributed by atoms with Gasteiger partial charge in [0.15, 0.2) is 0 Å². The maximum atomic E-state index is 5.62. The molecule has 2 aromatic heterocycles. The number of fused-ring (bicyclic) bond motifs is 4. The van der Waals surface area contributed by atoms with Gasteiger partial charge in [-0.25, -0.2) is 4.52 Å². The van der Waals surface area contributed by atoms with E-state index in [4.69, 9.17) is 5.10 Å². The molecule has 3 nitrogen and oxygen atoms in total. The molecule has 10 aromatic rings. The quantitative estimate of drug-likeness (QED) is 0.166. The fourth-order valence-corrected chi connectivity index (χ4v) is 7.94. The molecule has 8 aromatic carbocycles. The minimum Gasteiger partial charge on any atom is -0.307 e. The van der Waals surface area contributed by atoms with Gasteiger partial charge in [-0.1, -0.05) is 194 Å². The van der Waals surface area contributed by atoms with Crippen LogP contribution >= 0.6 is 0 Å². The highest BCUT2D eigenvalue weighted by Gasteiger charge is 2.28. The monoisotopic (exact) mass is 689 g/mol. The number of benzene rings is 8. The Balaban J connectivity index is 1.38. The lowest BCUT2D eigenvalue weighted by Gasteiger charge is -2.31. The summed E-state index contributed by atoms with van der Waals surface area (Å²) >= 11 is 0. The van der Waals surface area contributed by atoms with Crippen LogP contribution in [0.2, 0.25) is 0 Å². The van der Waals surface area contributed by atoms with E-state index in [0.717, 1.165) is 67.0 Å². The van der Waals surface area contributed by atoms with E-state index in [1.807, 2.05) is 0 Å². The highest BCUT2D eigenvalue weighted by Crippen LogP contribution is 2.50. The first-order valence-electron chi connectivity index (χ1n) is 18.4. The van der Waals surface area contributed by atoms with Gasteiger partial charge in [-0.15, -0.1) is 0 Å². The van der Waals surface area contributed by atoms with Gasteiger partial charge >= 0.3 is 0 Å². The van der Waals surface area contributed by atoms with Crippen LogP contribution in [0.5, 0.6) is 0 Å². The van der Waals surface area contributed by atoms with E-state index in [-0.39, 0.29) is 0 Å². The first-order valence-corrected chi connectivity index (χ1v) is 18.4. The summed E-state index contributed by atoms with van der Waals surface area (Å²) in [4.78, 5) is 2.45. The van der Waals surface area contributed by atoms with Gasteiger partial charge in [0, 0.05) is 38.5 Å². The van der Waals surface area contributed by atoms with Gasteiger partial charge in [-0.2, -0.15) is 5.10 Å². The lowest BCUT2D eigenvalue weighted by molar-refractivity contribution is 0.976. The third kappa shape index (κ3) is 5.34. The van der Waals surface area contributed by atoms with Crippen molar-refractivity contribution in [3.8, 4) is 44.8 Å². The van der Waals surface area contributed by atoms with Gasteiger partial charge < -0.3 is 4.90 Å². The summed E-state index contributed by atoms with van der Waals surface area (Å²) in [6, 6.07) is 75.7. The fourth-order valence-electron chi connectivity index (χ4n) is 7.94. The van der Waals surface area contributed by atoms with Crippen molar-refractivity contribution in [1.82, 2.24) is 9.61 Å². The van der Waals surface area contributed by atoms with Crippen LogP contribution in [0.4, 0.5) is 17.1 Å². The van der Waals surface area contributed by atoms with Crippen LogP contribution in [0, 0.1) is 0 Å². The highest BCUT2D eigenvalue weighted by molar-refractivity contribution is 6.16. The van der Waals surface area contributed by atoms with Gasteiger partial charge in [-0.3, -0.25) is 0 Å². The van der Waals surface area contributed by atoms with Crippen molar-refractivity contribution < 1.29 is 0 Å². The van der Waals surface area contributed by atoms with Crippen LogP contribution in [0.15, 0.2) is 212 Å². The van der Waals surface area contributed by atoms with Gasteiger partial charge in [-0.05, 0) is 40.3 Å². The minimum atomic E-state index is 0.949. The molecule has 0 fully saturated rings. The molecule has 0 amide bonds. The Morgan fingerprint density at radius 1 is 0.370 bits per heavy atom. The molecule has 0 aliphatic heterocycles. The molecule has 0 aliphatic carbocycles. The van der Waals surface area contributed by atoms with E-state index in [0.29, 0.717) is 0 Å². The third-order valence-corrected chi connectivity index (χ3v) is 10.4. The third-order valence-electron chi connectivity index (χ3n) is 10.4. The number of aromatic nitrogens is 2. The molecule has 0 spiro atoms. The molecule has 0 N–H and O–H groups in total. The molecule has 0 saturated carbocycles. The first-order chi connectivity index (χ1) is 26.8. The maximum absolute atomic E-state index is 5.62. The predicted octanol–water partition coefficient (Wildman–Crippen LogP) is 13.8. The van der Waals surface area contributed by atoms with Gasteiger partial charge in [0.05, 0.1) is 22.6 Å². The number of pyridine rings is 1. The van der Waals surface area contributed by atoms with Gasteiger partial charge in [0.25, 0.3) is 0 Å². The van der Waals surface area contributed by atoms with Crippen LogP contribution in [0.3, 0.4) is 0 Å². The maximum Gasteiger partial charge on any atom is 0.101 e. The number of nitrogens with zero attached hydrogens (tertiary/aromatic N) is 3. The Labute approximate surface area is 314 Å². The second-order valence-corrected chi connectivity index (χ2v) is 13.6. The zero-order valence-electron chi connectivity index (χ0n) is 29.5. The summed E-state index contributed by atoms with van der Waals surface area (Å²) < 4.78 is 2.22. The topological polar surface area (TPSA) is 20.5 Å². The molecule has 0 atom stereocenters. The standard InChI is InChI=1S/C51H35N3/c1-5-18-36(19-6-1)37-32-34-42(35-33-37)53(46-31-17-27-38-20-13-14-28-43(38)46)51-45-30-16-15-29-44(45)50-47(39-21-7-2-8-22-39)48(40-23-9-3-10-24-40)52-54(50)49(51)41-25-11-4-12-26-41/h1-35H. The van der Waals surface area contributed by atoms with Crippen LogP contribution in [0.25, 0.3) is 71.8 Å². The molecule has 254 valence electrons. The Kier molecular flexibility index (Phi) is 7.81. The smallest absolute Gasteiger partial charge is 0.101 e. The van der Waals surface area contributed by atoms with Crippen molar-refractivity contribution in [3.63, 3.8) is 0 Å². The van der Waals surface area contributed by atoms with Crippen molar-refractivity contribution in [3.05, 3.63) is 212 Å². The molecule has 2 heterocycles. The Morgan fingerprint density at radius 3 is 1.54 bits per heavy atom. The zero-order valence-corrected chi connectivity index (χ0v) is 29.5. The average Bonchev–Trinajstić information content (AvgIpc) is 3.66. The molecule has 54 heavy (non-hydrogen) atoms. The van der Waals surface area contributed by atoms with E-state index in [2.05, 4.69) is 222 Å². The number of hydrogen-bond donors (Lipinski definition) is 0. The number of hydrogen-bond acceptors (Lipinski definition) is 2. The molecule has 0 bridgehead atoms. The van der Waals surface area contributed by atoms with Crippen molar-refractivity contribution in [2.24, 2.45) is 0 Å². The summed E-state index contributed by atoms with van der Waals surface area (Å²) in [6.07, 6.45) is 0. The summed E-state index contributed by atoms with van der Waals surface area (Å²) in [5.41, 5.74) is 13.0. The minimum absolute atomic E-state index is 0.949. The van der Waals surface area contributed by atoms with Crippen LogP contribution in [0.1, 0.15) is 0 Å². The lowest BCUT2D eigenvalue weighted by atomic mass is 9.95. The molecule has 0 aliphatic rings. The SMILES string of the molecule is c1ccc(-c2ccc(N(c3cccc4ccccc34)c3c(-c4ccccc4)n4nc(-c5ccccc5)c(-c5ccccc5)c4c4ccccc34)cc2)cc1. The summed E-state index contributed by atoms with van der Waals surface area (Å²) in [5, 5.41) is 10.2. The van der Waals surface area contributed by atoms with Gasteiger partial charge in [0.1, 0.15) is 5.69 Å². The van der Waals surface area contributed by atoms with E-state index in [9.17, 15) is 0 Å². The predicted molar refractivity (Wildman–Crippen MR) is 227 cm³/mol.